The number of fused-ring (bicyclic) bond motifs is 1. The van der Waals surface area contributed by atoms with E-state index >= 15 is 0 Å². The van der Waals surface area contributed by atoms with Gasteiger partial charge in [0.25, 0.3) is 0 Å². The van der Waals surface area contributed by atoms with Crippen molar-refractivity contribution < 1.29 is 19.2 Å². The van der Waals surface area contributed by atoms with Crippen LogP contribution < -0.4 is 34.0 Å². The second kappa shape index (κ2) is 18.7. The van der Waals surface area contributed by atoms with Gasteiger partial charge in [0.05, 0.1) is 22.7 Å². The molecule has 10 nitrogen and oxygen atoms in total. The summed E-state index contributed by atoms with van der Waals surface area (Å²) in [5.74, 6) is 10.1. The quantitative estimate of drug-likeness (QED) is 0.0420. The van der Waals surface area contributed by atoms with Crippen LogP contribution in [0.5, 0.6) is 0 Å². The zero-order chi connectivity index (χ0) is 35.1. The van der Waals surface area contributed by atoms with Crippen LogP contribution in [0.15, 0.2) is 60.7 Å². The lowest BCUT2D eigenvalue weighted by Crippen LogP contribution is -2.11. The van der Waals surface area contributed by atoms with Crippen molar-refractivity contribution in [1.82, 2.24) is 0 Å². The number of hydrogen-bond acceptors (Lipinski definition) is 10. The molecule has 0 heterocycles. The van der Waals surface area contributed by atoms with E-state index in [4.69, 9.17) is 27.9 Å². The maximum atomic E-state index is 12.6. The molecule has 0 saturated carbocycles. The van der Waals surface area contributed by atoms with Crippen molar-refractivity contribution in [1.29, 1.82) is 0 Å². The Labute approximate surface area is 271 Å². The van der Waals surface area contributed by atoms with Gasteiger partial charge in [-0.1, -0.05) is 57.2 Å². The van der Waals surface area contributed by atoms with Gasteiger partial charge in [-0.2, -0.15) is 0 Å². The smallest absolute Gasteiger partial charge is 0.166 e. The monoisotopic (exact) mass is 628 g/mol. The molecule has 0 unspecified atom stereocenters. The van der Waals surface area contributed by atoms with E-state index in [1.54, 1.807) is 25.1 Å². The SMILES string of the molecule is CC=O.CCC(=O)c1ccc(C(=O)C(C)C)c2c(C)ccc(C(C)=O)c12.Cc1ccc(NN)c(N)c1.Cc1ccc(NN)c(N)c1. The van der Waals surface area contributed by atoms with Crippen LogP contribution in [0.1, 0.15) is 88.8 Å². The number of carbonyl (C=O) groups is 4. The maximum Gasteiger partial charge on any atom is 0.166 e. The third-order valence-electron chi connectivity index (χ3n) is 6.88. The Kier molecular flexibility index (Phi) is 15.8. The molecule has 10 heteroatoms. The number of rotatable bonds is 7. The summed E-state index contributed by atoms with van der Waals surface area (Å²) in [6.07, 6.45) is 1.11. The third-order valence-corrected chi connectivity index (χ3v) is 6.88. The standard InChI is InChI=1S/C20H22O3.2C7H11N3.C2H4O/c1-6-17(22)15-9-10-16(20(23)11(2)3)18-12(4)7-8-14(13(5)21)19(15)18;2*1-5-2-3-7(10-9)6(8)4-5;1-2-3/h7-11H,6H2,1-5H3;2*2-4,10H,8-9H2,1H3;2H,1H3. The first kappa shape index (κ1) is 39.0. The summed E-state index contributed by atoms with van der Waals surface area (Å²) in [5, 5.41) is 1.35. The molecule has 4 rings (SSSR count). The lowest BCUT2D eigenvalue weighted by Gasteiger charge is -2.16. The van der Waals surface area contributed by atoms with Gasteiger partial charge in [0, 0.05) is 34.4 Å². The molecule has 4 aromatic rings. The van der Waals surface area contributed by atoms with Gasteiger partial charge in [-0.05, 0) is 81.0 Å². The van der Waals surface area contributed by atoms with E-state index in [0.717, 1.165) is 39.7 Å². The van der Waals surface area contributed by atoms with E-state index in [0.29, 0.717) is 39.9 Å². The normalized spacial score (nSPS) is 9.89. The van der Waals surface area contributed by atoms with Gasteiger partial charge >= 0.3 is 0 Å². The summed E-state index contributed by atoms with van der Waals surface area (Å²) in [5.41, 5.74) is 23.9. The van der Waals surface area contributed by atoms with Crippen LogP contribution in [0, 0.1) is 26.7 Å². The Bertz CT molecular complexity index is 1630. The number of anilines is 4. The van der Waals surface area contributed by atoms with Crippen molar-refractivity contribution in [3.05, 3.63) is 94.0 Å². The summed E-state index contributed by atoms with van der Waals surface area (Å²) in [6, 6.07) is 18.4. The van der Waals surface area contributed by atoms with Gasteiger partial charge in [0.15, 0.2) is 17.3 Å². The first-order valence-corrected chi connectivity index (χ1v) is 14.9. The first-order valence-electron chi connectivity index (χ1n) is 14.9. The predicted octanol–water partition coefficient (Wildman–Crippen LogP) is 6.71. The Hall–Kier alpha value is -5.06. The van der Waals surface area contributed by atoms with Crippen molar-refractivity contribution in [3.63, 3.8) is 0 Å². The van der Waals surface area contributed by atoms with Crippen LogP contribution in [0.4, 0.5) is 22.7 Å². The van der Waals surface area contributed by atoms with Crippen molar-refractivity contribution >= 4 is 57.2 Å². The molecule has 4 aromatic carbocycles. The fourth-order valence-corrected chi connectivity index (χ4v) is 4.53. The Morgan fingerprint density at radius 1 is 0.739 bits per heavy atom. The number of nitrogen functional groups attached to an aromatic ring is 4. The predicted molar refractivity (Wildman–Crippen MR) is 191 cm³/mol. The average Bonchev–Trinajstić information content (AvgIpc) is 3.01. The van der Waals surface area contributed by atoms with Crippen molar-refractivity contribution in [2.24, 2.45) is 17.6 Å². The summed E-state index contributed by atoms with van der Waals surface area (Å²) >= 11 is 0. The van der Waals surface area contributed by atoms with Gasteiger partial charge in [0.1, 0.15) is 6.29 Å². The van der Waals surface area contributed by atoms with E-state index in [1.165, 1.54) is 13.8 Å². The van der Waals surface area contributed by atoms with Gasteiger partial charge in [-0.25, -0.2) is 0 Å². The number of benzene rings is 4. The van der Waals surface area contributed by atoms with Crippen LogP contribution in [0.2, 0.25) is 0 Å². The van der Waals surface area contributed by atoms with Crippen molar-refractivity contribution in [2.45, 2.75) is 61.8 Å². The second-order valence-corrected chi connectivity index (χ2v) is 10.9. The summed E-state index contributed by atoms with van der Waals surface area (Å²) in [6.45, 7) is 14.3. The number of aldehydes is 1. The molecule has 10 N–H and O–H groups in total. The zero-order valence-electron chi connectivity index (χ0n) is 28.1. The van der Waals surface area contributed by atoms with Crippen LogP contribution >= 0.6 is 0 Å². The molecule has 0 aliphatic rings. The third kappa shape index (κ3) is 10.5. The number of nitrogens with two attached hydrogens (primary N) is 4. The number of aryl methyl sites for hydroxylation is 3. The number of hydrazine groups is 2. The number of ketones is 3. The molecule has 0 atom stereocenters. The topological polar surface area (TPSA) is 196 Å². The van der Waals surface area contributed by atoms with Gasteiger partial charge in [-0.15, -0.1) is 0 Å². The first-order chi connectivity index (χ1) is 21.7. The van der Waals surface area contributed by atoms with Crippen LogP contribution in [0.25, 0.3) is 10.8 Å². The largest absolute Gasteiger partial charge is 0.397 e. The molecule has 0 aromatic heterocycles. The fraction of sp³-hybridized carbons (Fsp3) is 0.278. The number of Topliss-reactive ketones (excluding diaryl/α,β-unsaturated/α-hetero) is 3. The summed E-state index contributed by atoms with van der Waals surface area (Å²) < 4.78 is 0. The van der Waals surface area contributed by atoms with Crippen LogP contribution in [0.3, 0.4) is 0 Å². The highest BCUT2D eigenvalue weighted by atomic mass is 16.1. The molecule has 246 valence electrons. The molecule has 0 spiro atoms. The maximum absolute atomic E-state index is 12.6. The molecule has 0 amide bonds. The van der Waals surface area contributed by atoms with Crippen molar-refractivity contribution in [2.75, 3.05) is 22.3 Å². The molecular formula is C36H48N6O4. The molecule has 0 bridgehead atoms. The molecule has 46 heavy (non-hydrogen) atoms. The summed E-state index contributed by atoms with van der Waals surface area (Å²) in [4.78, 5) is 45.8. The van der Waals surface area contributed by atoms with E-state index in [-0.39, 0.29) is 23.3 Å². The Balaban J connectivity index is 0.000000378. The van der Waals surface area contributed by atoms with Gasteiger partial charge in [-0.3, -0.25) is 26.1 Å². The minimum atomic E-state index is -0.147. The van der Waals surface area contributed by atoms with E-state index in [1.807, 2.05) is 77.1 Å². The Morgan fingerprint density at radius 3 is 1.54 bits per heavy atom. The molecule has 0 saturated heterocycles. The van der Waals surface area contributed by atoms with Crippen LogP contribution in [-0.2, 0) is 4.79 Å². The van der Waals surface area contributed by atoms with E-state index < -0.39 is 0 Å². The Morgan fingerprint density at radius 2 is 1.17 bits per heavy atom. The minimum Gasteiger partial charge on any atom is -0.397 e. The lowest BCUT2D eigenvalue weighted by atomic mass is 9.86. The molecule has 0 aliphatic heterocycles. The molecule has 0 radical (unpaired) electrons. The number of hydrogen-bond donors (Lipinski definition) is 6. The highest BCUT2D eigenvalue weighted by molar-refractivity contribution is 6.21. The average molecular weight is 629 g/mol. The molecule has 0 fully saturated rings. The van der Waals surface area contributed by atoms with Gasteiger partial charge in [0.2, 0.25) is 0 Å². The number of nitrogens with one attached hydrogen (secondary N) is 2. The van der Waals surface area contributed by atoms with Gasteiger partial charge < -0.3 is 27.1 Å². The lowest BCUT2D eigenvalue weighted by molar-refractivity contribution is -0.106. The second-order valence-electron chi connectivity index (χ2n) is 10.9. The van der Waals surface area contributed by atoms with Crippen LogP contribution in [-0.4, -0.2) is 23.6 Å². The van der Waals surface area contributed by atoms with E-state index in [9.17, 15) is 14.4 Å². The zero-order valence-corrected chi connectivity index (χ0v) is 28.1. The number of carbonyl (C=O) groups excluding carboxylic acids is 4. The molecular weight excluding hydrogens is 580 g/mol. The molecule has 0 aliphatic carbocycles. The van der Waals surface area contributed by atoms with Crippen molar-refractivity contribution in [3.8, 4) is 0 Å². The highest BCUT2D eigenvalue weighted by Gasteiger charge is 2.22. The minimum absolute atomic E-state index is 0.0216. The highest BCUT2D eigenvalue weighted by Crippen LogP contribution is 2.32. The summed E-state index contributed by atoms with van der Waals surface area (Å²) in [7, 11) is 0. The van der Waals surface area contributed by atoms with E-state index in [2.05, 4.69) is 10.9 Å². The fourth-order valence-electron chi connectivity index (χ4n) is 4.53.